The number of esters is 1. The molecule has 2 atom stereocenters. The van der Waals surface area contributed by atoms with E-state index in [-0.39, 0.29) is 59.7 Å². The SMILES string of the molecule is CC(=O)OC[C@@H](C)n1ccc2c(N)cccc2c1=O.C[C@H](CO)n1ccc2c(NC(=O)Cc3ccc(Cl)c(F)c3)cccc2c1=O. The number of anilines is 2. The van der Waals surface area contributed by atoms with E-state index in [2.05, 4.69) is 5.32 Å². The fraction of sp³-hybridized carbons (Fsp3) is 0.235. The molecule has 12 heteroatoms. The molecule has 5 rings (SSSR count). The molecule has 0 bridgehead atoms. The third kappa shape index (κ3) is 7.79. The number of halogens is 2. The number of carbonyl (C=O) groups excluding carboxylic acids is 2. The maximum absolute atomic E-state index is 13.5. The summed E-state index contributed by atoms with van der Waals surface area (Å²) in [6, 6.07) is 17.5. The Morgan fingerprint density at radius 1 is 0.913 bits per heavy atom. The van der Waals surface area contributed by atoms with Crippen LogP contribution in [0.5, 0.6) is 0 Å². The number of rotatable bonds is 8. The van der Waals surface area contributed by atoms with Crippen LogP contribution < -0.4 is 22.2 Å². The molecule has 0 saturated heterocycles. The number of pyridine rings is 2. The number of ether oxygens (including phenoxy) is 1. The van der Waals surface area contributed by atoms with Crippen molar-refractivity contribution in [3.63, 3.8) is 0 Å². The van der Waals surface area contributed by atoms with Gasteiger partial charge in [0, 0.05) is 52.2 Å². The molecule has 4 N–H and O–H groups in total. The second-order valence-electron chi connectivity index (χ2n) is 10.8. The second-order valence-corrected chi connectivity index (χ2v) is 11.2. The molecule has 0 aliphatic heterocycles. The van der Waals surface area contributed by atoms with Crippen LogP contribution in [0.2, 0.25) is 5.02 Å². The van der Waals surface area contributed by atoms with Crippen LogP contribution in [0, 0.1) is 5.82 Å². The van der Waals surface area contributed by atoms with E-state index in [1.807, 2.05) is 6.92 Å². The highest BCUT2D eigenvalue weighted by Crippen LogP contribution is 2.23. The Balaban J connectivity index is 0.000000222. The van der Waals surface area contributed by atoms with E-state index in [1.54, 1.807) is 78.5 Å². The Labute approximate surface area is 268 Å². The fourth-order valence-corrected chi connectivity index (χ4v) is 4.97. The van der Waals surface area contributed by atoms with E-state index >= 15 is 0 Å². The summed E-state index contributed by atoms with van der Waals surface area (Å²) < 4.78 is 21.4. The number of nitrogens with two attached hydrogens (primary N) is 1. The summed E-state index contributed by atoms with van der Waals surface area (Å²) in [6.07, 6.45) is 3.24. The first-order valence-electron chi connectivity index (χ1n) is 14.4. The van der Waals surface area contributed by atoms with Crippen LogP contribution in [0.4, 0.5) is 15.8 Å². The maximum atomic E-state index is 13.5. The number of hydrogen-bond acceptors (Lipinski definition) is 7. The van der Waals surface area contributed by atoms with Crippen molar-refractivity contribution in [2.75, 3.05) is 24.3 Å². The third-order valence-corrected chi connectivity index (χ3v) is 7.65. The van der Waals surface area contributed by atoms with Gasteiger partial charge in [-0.05, 0) is 67.9 Å². The van der Waals surface area contributed by atoms with Gasteiger partial charge in [-0.3, -0.25) is 19.2 Å². The molecule has 2 aromatic heterocycles. The molecule has 240 valence electrons. The summed E-state index contributed by atoms with van der Waals surface area (Å²) in [5.74, 6) is -1.27. The first-order chi connectivity index (χ1) is 21.9. The monoisotopic (exact) mass is 648 g/mol. The second kappa shape index (κ2) is 14.9. The quantitative estimate of drug-likeness (QED) is 0.154. The number of fused-ring (bicyclic) bond motifs is 2. The molecule has 0 aliphatic rings. The largest absolute Gasteiger partial charge is 0.464 e. The lowest BCUT2D eigenvalue weighted by Crippen LogP contribution is -2.26. The zero-order valence-corrected chi connectivity index (χ0v) is 26.3. The number of nitrogen functional groups attached to an aromatic ring is 1. The average molecular weight is 649 g/mol. The summed E-state index contributed by atoms with van der Waals surface area (Å²) >= 11 is 5.65. The third-order valence-electron chi connectivity index (χ3n) is 7.34. The number of hydrogen-bond donors (Lipinski definition) is 3. The number of aliphatic hydroxyl groups is 1. The minimum absolute atomic E-state index is 0.00148. The van der Waals surface area contributed by atoms with Crippen molar-refractivity contribution >= 4 is 56.4 Å². The van der Waals surface area contributed by atoms with Crippen molar-refractivity contribution in [2.24, 2.45) is 0 Å². The van der Waals surface area contributed by atoms with Gasteiger partial charge in [0.25, 0.3) is 11.1 Å². The zero-order valence-electron chi connectivity index (χ0n) is 25.5. The van der Waals surface area contributed by atoms with Gasteiger partial charge in [-0.1, -0.05) is 29.8 Å². The first-order valence-corrected chi connectivity index (χ1v) is 14.8. The number of nitrogens with zero attached hydrogens (tertiary/aromatic N) is 2. The van der Waals surface area contributed by atoms with Crippen molar-refractivity contribution in [1.82, 2.24) is 9.13 Å². The predicted octanol–water partition coefficient (Wildman–Crippen LogP) is 5.24. The molecule has 0 unspecified atom stereocenters. The fourth-order valence-electron chi connectivity index (χ4n) is 4.85. The number of benzene rings is 3. The van der Waals surface area contributed by atoms with Crippen LogP contribution in [0.1, 0.15) is 38.4 Å². The van der Waals surface area contributed by atoms with Crippen molar-refractivity contribution in [3.8, 4) is 0 Å². The maximum Gasteiger partial charge on any atom is 0.302 e. The number of carbonyl (C=O) groups is 2. The van der Waals surface area contributed by atoms with E-state index in [0.717, 1.165) is 5.39 Å². The Hall–Kier alpha value is -5.00. The Morgan fingerprint density at radius 2 is 1.52 bits per heavy atom. The van der Waals surface area contributed by atoms with Gasteiger partial charge >= 0.3 is 5.97 Å². The topological polar surface area (TPSA) is 146 Å². The molecule has 0 fully saturated rings. The van der Waals surface area contributed by atoms with Gasteiger partial charge in [-0.15, -0.1) is 0 Å². The van der Waals surface area contributed by atoms with Gasteiger partial charge in [0.2, 0.25) is 5.91 Å². The van der Waals surface area contributed by atoms with Crippen LogP contribution >= 0.6 is 11.6 Å². The van der Waals surface area contributed by atoms with Gasteiger partial charge in [-0.2, -0.15) is 0 Å². The predicted molar refractivity (Wildman–Crippen MR) is 178 cm³/mol. The number of aliphatic hydroxyl groups excluding tert-OH is 1. The molecule has 0 spiro atoms. The van der Waals surface area contributed by atoms with Gasteiger partial charge < -0.3 is 30.0 Å². The van der Waals surface area contributed by atoms with Crippen molar-refractivity contribution in [2.45, 2.75) is 39.3 Å². The van der Waals surface area contributed by atoms with E-state index < -0.39 is 5.82 Å². The van der Waals surface area contributed by atoms with Gasteiger partial charge in [0.1, 0.15) is 12.4 Å². The van der Waals surface area contributed by atoms with Crippen molar-refractivity contribution in [1.29, 1.82) is 0 Å². The Morgan fingerprint density at radius 3 is 2.15 bits per heavy atom. The van der Waals surface area contributed by atoms with E-state index in [9.17, 15) is 28.7 Å². The normalized spacial score (nSPS) is 12.2. The lowest BCUT2D eigenvalue weighted by Gasteiger charge is -2.15. The van der Waals surface area contributed by atoms with E-state index in [0.29, 0.717) is 33.1 Å². The summed E-state index contributed by atoms with van der Waals surface area (Å²) in [6.45, 7) is 4.92. The molecule has 0 aliphatic carbocycles. The molecular formula is C34H34ClFN4O6. The lowest BCUT2D eigenvalue weighted by molar-refractivity contribution is -0.142. The standard InChI is InChI=1S/C20H18ClFN2O3.C14H16N2O3/c1-12(11-25)24-8-7-14-15(20(24)27)3-2-4-18(14)23-19(26)10-13-5-6-16(21)17(22)9-13;1-9(8-19-10(2)17)16-7-6-11-12(14(16)18)4-3-5-13(11)15/h2-9,12,25H,10-11H2,1H3,(H,23,26);3-7,9H,8,15H2,1-2H3/t12-;9-/m11/s1. The van der Waals surface area contributed by atoms with E-state index in [4.69, 9.17) is 22.1 Å². The van der Waals surface area contributed by atoms with Gasteiger partial charge in [0.05, 0.1) is 30.1 Å². The van der Waals surface area contributed by atoms with Crippen molar-refractivity contribution < 1.29 is 23.8 Å². The lowest BCUT2D eigenvalue weighted by atomic mass is 10.1. The van der Waals surface area contributed by atoms with Crippen LogP contribution in [0.25, 0.3) is 21.5 Å². The molecule has 0 saturated carbocycles. The molecular weight excluding hydrogens is 615 g/mol. The highest BCUT2D eigenvalue weighted by molar-refractivity contribution is 6.30. The Kier molecular flexibility index (Phi) is 10.9. The minimum Gasteiger partial charge on any atom is -0.464 e. The smallest absolute Gasteiger partial charge is 0.302 e. The summed E-state index contributed by atoms with van der Waals surface area (Å²) in [5.41, 5.74) is 7.02. The van der Waals surface area contributed by atoms with Gasteiger partial charge in [-0.25, -0.2) is 4.39 Å². The molecule has 46 heavy (non-hydrogen) atoms. The first kappa shape index (κ1) is 33.9. The minimum atomic E-state index is -0.578. The average Bonchev–Trinajstić information content (AvgIpc) is 3.02. The molecule has 3 aromatic carbocycles. The number of amides is 1. The Bertz CT molecular complexity index is 2030. The van der Waals surface area contributed by atoms with Crippen LogP contribution in [0.3, 0.4) is 0 Å². The van der Waals surface area contributed by atoms with Gasteiger partial charge in [0.15, 0.2) is 0 Å². The summed E-state index contributed by atoms with van der Waals surface area (Å²) in [5, 5.41) is 14.4. The van der Waals surface area contributed by atoms with Crippen molar-refractivity contribution in [3.05, 3.63) is 116 Å². The van der Waals surface area contributed by atoms with E-state index in [1.165, 1.54) is 23.6 Å². The van der Waals surface area contributed by atoms with Crippen LogP contribution in [-0.2, 0) is 20.7 Å². The summed E-state index contributed by atoms with van der Waals surface area (Å²) in [7, 11) is 0. The number of nitrogens with one attached hydrogen (secondary N) is 1. The number of aromatic nitrogens is 2. The molecule has 2 heterocycles. The zero-order chi connectivity index (χ0) is 33.5. The van der Waals surface area contributed by atoms with Crippen LogP contribution in [0.15, 0.2) is 88.7 Å². The molecule has 0 radical (unpaired) electrons. The highest BCUT2D eigenvalue weighted by atomic mass is 35.5. The summed E-state index contributed by atoms with van der Waals surface area (Å²) in [4.78, 5) is 48.1. The van der Waals surface area contributed by atoms with Crippen LogP contribution in [-0.4, -0.2) is 39.3 Å². The highest BCUT2D eigenvalue weighted by Gasteiger charge is 2.14. The molecule has 1 amide bonds. The molecule has 5 aromatic rings. The molecule has 10 nitrogen and oxygen atoms in total.